The third-order valence-corrected chi connectivity index (χ3v) is 5.72. The van der Waals surface area contributed by atoms with Gasteiger partial charge in [-0.25, -0.2) is 0 Å². The second-order valence-electron chi connectivity index (χ2n) is 7.98. The van der Waals surface area contributed by atoms with Crippen molar-refractivity contribution in [3.8, 4) is 11.5 Å². The number of rotatable bonds is 7. The molecule has 0 aliphatic carbocycles. The highest BCUT2D eigenvalue weighted by atomic mass is 16.5. The van der Waals surface area contributed by atoms with Gasteiger partial charge in [0.25, 0.3) is 0 Å². The van der Waals surface area contributed by atoms with E-state index in [1.807, 2.05) is 42.5 Å². The lowest BCUT2D eigenvalue weighted by atomic mass is 9.87. The second-order valence-corrected chi connectivity index (χ2v) is 7.98. The number of fused-ring (bicyclic) bond motifs is 1. The highest BCUT2D eigenvalue weighted by Crippen LogP contribution is 2.42. The molecule has 1 heterocycles. The third-order valence-electron chi connectivity index (χ3n) is 5.72. The fourth-order valence-corrected chi connectivity index (χ4v) is 4.05. The zero-order valence-electron chi connectivity index (χ0n) is 18.2. The maximum Gasteiger partial charge on any atom is 0.129 e. The number of nitrogen functional groups attached to an aromatic ring is 2. The molecule has 4 heteroatoms. The van der Waals surface area contributed by atoms with Gasteiger partial charge < -0.3 is 20.9 Å². The Morgan fingerprint density at radius 1 is 0.871 bits per heavy atom. The summed E-state index contributed by atoms with van der Waals surface area (Å²) in [5, 5.41) is 0. The minimum Gasteiger partial charge on any atom is -0.490 e. The van der Waals surface area contributed by atoms with E-state index >= 15 is 0 Å². The van der Waals surface area contributed by atoms with Crippen molar-refractivity contribution < 1.29 is 9.47 Å². The summed E-state index contributed by atoms with van der Waals surface area (Å²) < 4.78 is 12.3. The van der Waals surface area contributed by atoms with E-state index in [1.54, 1.807) is 0 Å². The summed E-state index contributed by atoms with van der Waals surface area (Å²) in [6.07, 6.45) is 3.45. The van der Waals surface area contributed by atoms with Crippen LogP contribution < -0.4 is 20.9 Å². The highest BCUT2D eigenvalue weighted by molar-refractivity contribution is 6.02. The van der Waals surface area contributed by atoms with Gasteiger partial charge in [-0.1, -0.05) is 44.5 Å². The minimum absolute atomic E-state index is 0.257. The predicted octanol–water partition coefficient (Wildman–Crippen LogP) is 6.16. The van der Waals surface area contributed by atoms with Crippen LogP contribution in [0, 0.1) is 0 Å². The lowest BCUT2D eigenvalue weighted by Crippen LogP contribution is -2.15. The Morgan fingerprint density at radius 2 is 1.55 bits per heavy atom. The Labute approximate surface area is 184 Å². The van der Waals surface area contributed by atoms with Gasteiger partial charge in [0.1, 0.15) is 18.1 Å². The highest BCUT2D eigenvalue weighted by Gasteiger charge is 2.23. The van der Waals surface area contributed by atoms with E-state index in [4.69, 9.17) is 20.9 Å². The quantitative estimate of drug-likeness (QED) is 0.454. The zero-order valence-corrected chi connectivity index (χ0v) is 18.2. The summed E-state index contributed by atoms with van der Waals surface area (Å²) >= 11 is 0. The Hall–Kier alpha value is -3.40. The monoisotopic (exact) mass is 414 g/mol. The molecule has 1 aliphatic rings. The van der Waals surface area contributed by atoms with Gasteiger partial charge in [-0.2, -0.15) is 0 Å². The summed E-state index contributed by atoms with van der Waals surface area (Å²) in [7, 11) is 0. The molecule has 0 aromatic heterocycles. The second kappa shape index (κ2) is 9.17. The molecular formula is C27H30N2O2. The molecular weight excluding hydrogens is 384 g/mol. The van der Waals surface area contributed by atoms with E-state index in [2.05, 4.69) is 38.1 Å². The van der Waals surface area contributed by atoms with Crippen LogP contribution in [-0.2, 0) is 0 Å². The molecule has 31 heavy (non-hydrogen) atoms. The van der Waals surface area contributed by atoms with Crippen LogP contribution in [-0.4, -0.2) is 12.7 Å². The molecule has 0 amide bonds. The number of hydrogen-bond donors (Lipinski definition) is 2. The fourth-order valence-electron chi connectivity index (χ4n) is 4.05. The zero-order chi connectivity index (χ0) is 21.8. The number of ether oxygens (including phenoxy) is 2. The van der Waals surface area contributed by atoms with Crippen molar-refractivity contribution in [3.63, 3.8) is 0 Å². The molecule has 3 aromatic rings. The standard InChI is InChI=1S/C27H30N2O2/c1-3-5-22(4-2)31-23-13-8-19(9-14-23)27-24-15-12-21(29)16-26(24)30-17-25(27)18-6-10-20(28)11-7-18/h6-16,22H,3-5,17,28-29H2,1-2H3. The van der Waals surface area contributed by atoms with Gasteiger partial charge in [0, 0.05) is 28.6 Å². The Bertz CT molecular complexity index is 1070. The molecule has 4 nitrogen and oxygen atoms in total. The normalized spacial score (nSPS) is 14.0. The largest absolute Gasteiger partial charge is 0.490 e. The van der Waals surface area contributed by atoms with Gasteiger partial charge in [-0.05, 0) is 65.9 Å². The summed E-state index contributed by atoms with van der Waals surface area (Å²) in [4.78, 5) is 0. The van der Waals surface area contributed by atoms with E-state index in [0.29, 0.717) is 12.3 Å². The van der Waals surface area contributed by atoms with E-state index in [0.717, 1.165) is 64.3 Å². The van der Waals surface area contributed by atoms with Crippen LogP contribution in [0.2, 0.25) is 0 Å². The molecule has 0 fully saturated rings. The van der Waals surface area contributed by atoms with Crippen LogP contribution in [0.4, 0.5) is 11.4 Å². The van der Waals surface area contributed by atoms with E-state index in [1.165, 1.54) is 0 Å². The summed E-state index contributed by atoms with van der Waals surface area (Å²) in [6, 6.07) is 22.2. The molecule has 0 bridgehead atoms. The topological polar surface area (TPSA) is 70.5 Å². The van der Waals surface area contributed by atoms with Crippen molar-refractivity contribution >= 4 is 22.5 Å². The van der Waals surface area contributed by atoms with Gasteiger partial charge in [0.05, 0.1) is 6.10 Å². The molecule has 160 valence electrons. The van der Waals surface area contributed by atoms with Crippen molar-refractivity contribution in [3.05, 3.63) is 83.4 Å². The molecule has 0 saturated carbocycles. The van der Waals surface area contributed by atoms with Crippen molar-refractivity contribution in [2.24, 2.45) is 0 Å². The van der Waals surface area contributed by atoms with Crippen molar-refractivity contribution in [2.75, 3.05) is 18.1 Å². The van der Waals surface area contributed by atoms with Gasteiger partial charge >= 0.3 is 0 Å². The van der Waals surface area contributed by atoms with Crippen LogP contribution in [0.5, 0.6) is 11.5 Å². The minimum atomic E-state index is 0.257. The molecule has 4 N–H and O–H groups in total. The number of hydrogen-bond acceptors (Lipinski definition) is 4. The van der Waals surface area contributed by atoms with E-state index < -0.39 is 0 Å². The average Bonchev–Trinajstić information content (AvgIpc) is 2.79. The van der Waals surface area contributed by atoms with Crippen LogP contribution in [0.1, 0.15) is 49.8 Å². The Kier molecular flexibility index (Phi) is 6.17. The summed E-state index contributed by atoms with van der Waals surface area (Å²) in [6.45, 7) is 4.83. The third kappa shape index (κ3) is 4.53. The number of anilines is 2. The smallest absolute Gasteiger partial charge is 0.129 e. The van der Waals surface area contributed by atoms with Crippen molar-refractivity contribution in [1.82, 2.24) is 0 Å². The summed E-state index contributed by atoms with van der Waals surface area (Å²) in [5.41, 5.74) is 18.9. The molecule has 3 aromatic carbocycles. The van der Waals surface area contributed by atoms with E-state index in [9.17, 15) is 0 Å². The molecule has 1 unspecified atom stereocenters. The fraction of sp³-hybridized carbons (Fsp3) is 0.259. The SMILES string of the molecule is CCCC(CC)Oc1ccc(C2=C(c3ccc(N)cc3)COc3cc(N)ccc32)cc1. The first-order valence-corrected chi connectivity index (χ1v) is 11.0. The number of nitrogens with two attached hydrogens (primary N) is 2. The molecule has 0 saturated heterocycles. The predicted molar refractivity (Wildman–Crippen MR) is 129 cm³/mol. The Balaban J connectivity index is 1.76. The van der Waals surface area contributed by atoms with Crippen molar-refractivity contribution in [1.29, 1.82) is 0 Å². The number of benzene rings is 3. The molecule has 1 atom stereocenters. The molecule has 0 spiro atoms. The first-order valence-electron chi connectivity index (χ1n) is 11.0. The lowest BCUT2D eigenvalue weighted by molar-refractivity contribution is 0.186. The summed E-state index contributed by atoms with van der Waals surface area (Å²) in [5.74, 6) is 1.71. The molecule has 0 radical (unpaired) electrons. The molecule has 4 rings (SSSR count). The maximum absolute atomic E-state index is 6.19. The van der Waals surface area contributed by atoms with E-state index in [-0.39, 0.29) is 6.10 Å². The first-order chi connectivity index (χ1) is 15.1. The Morgan fingerprint density at radius 3 is 2.23 bits per heavy atom. The van der Waals surface area contributed by atoms with Crippen LogP contribution >= 0.6 is 0 Å². The van der Waals surface area contributed by atoms with Crippen LogP contribution in [0.15, 0.2) is 66.7 Å². The molecule has 1 aliphatic heterocycles. The van der Waals surface area contributed by atoms with Gasteiger partial charge in [0.15, 0.2) is 0 Å². The van der Waals surface area contributed by atoms with Gasteiger partial charge in [-0.3, -0.25) is 0 Å². The average molecular weight is 415 g/mol. The first kappa shape index (κ1) is 20.9. The van der Waals surface area contributed by atoms with Crippen LogP contribution in [0.3, 0.4) is 0 Å². The van der Waals surface area contributed by atoms with Gasteiger partial charge in [-0.15, -0.1) is 0 Å². The maximum atomic E-state index is 6.19. The van der Waals surface area contributed by atoms with Crippen LogP contribution in [0.25, 0.3) is 11.1 Å². The van der Waals surface area contributed by atoms with Gasteiger partial charge in [0.2, 0.25) is 0 Å². The van der Waals surface area contributed by atoms with Crippen molar-refractivity contribution in [2.45, 2.75) is 39.2 Å². The lowest BCUT2D eigenvalue weighted by Gasteiger charge is -2.25.